The Morgan fingerprint density at radius 2 is 0.849 bits per heavy atom. The minimum absolute atomic E-state index is 0.647. The van der Waals surface area contributed by atoms with Crippen LogP contribution in [0.25, 0.3) is 110 Å². The zero-order valence-corrected chi connectivity index (χ0v) is 28.5. The normalized spacial score (nSPS) is 11.8. The van der Waals surface area contributed by atoms with Crippen molar-refractivity contribution in [1.29, 1.82) is 0 Å². The molecule has 0 aliphatic rings. The fourth-order valence-corrected chi connectivity index (χ4v) is 8.07. The van der Waals surface area contributed by atoms with E-state index < -0.39 is 0 Å². The summed E-state index contributed by atoms with van der Waals surface area (Å²) in [6.45, 7) is 0. The number of hydrogen-bond donors (Lipinski definition) is 0. The molecule has 11 aromatic rings. The molecule has 0 fully saturated rings. The molecule has 0 amide bonds. The van der Waals surface area contributed by atoms with E-state index in [4.69, 9.17) is 19.4 Å². The first-order valence-electron chi connectivity index (χ1n) is 17.9. The van der Waals surface area contributed by atoms with Crippen LogP contribution in [0.2, 0.25) is 0 Å². The van der Waals surface area contributed by atoms with Crippen molar-refractivity contribution in [3.05, 3.63) is 176 Å². The Labute approximate surface area is 304 Å². The summed E-state index contributed by atoms with van der Waals surface area (Å²) >= 11 is 0. The summed E-state index contributed by atoms with van der Waals surface area (Å²) in [5.74, 6) is 1.95. The van der Waals surface area contributed by atoms with Crippen molar-refractivity contribution in [2.24, 2.45) is 0 Å². The van der Waals surface area contributed by atoms with E-state index in [0.717, 1.165) is 60.5 Å². The van der Waals surface area contributed by atoms with E-state index in [0.29, 0.717) is 17.5 Å². The predicted octanol–water partition coefficient (Wildman–Crippen LogP) is 13.1. The largest absolute Gasteiger partial charge is 0.455 e. The monoisotopic (exact) mass is 675 g/mol. The van der Waals surface area contributed by atoms with E-state index in [1.807, 2.05) is 66.7 Å². The number of para-hydroxylation sites is 1. The summed E-state index contributed by atoms with van der Waals surface area (Å²) in [6.07, 6.45) is 0. The molecule has 0 unspecified atom stereocenters. The van der Waals surface area contributed by atoms with Crippen LogP contribution in [0.15, 0.2) is 180 Å². The molecule has 4 nitrogen and oxygen atoms in total. The third-order valence-electron chi connectivity index (χ3n) is 10.5. The SMILES string of the molecule is c1ccc(-c2nc(-c3ccccc3)nc(-c3ccc(-c4ccc5c(ccc6c7oc8ccccc8c7c7ccccc7c56)c4)c4ccccc34)n2)cc1. The number of hydrogen-bond acceptors (Lipinski definition) is 4. The summed E-state index contributed by atoms with van der Waals surface area (Å²) in [7, 11) is 0. The number of rotatable bonds is 4. The molecule has 2 aromatic heterocycles. The molecule has 0 aliphatic carbocycles. The molecule has 0 atom stereocenters. The minimum Gasteiger partial charge on any atom is -0.455 e. The lowest BCUT2D eigenvalue weighted by atomic mass is 9.90. The van der Waals surface area contributed by atoms with Gasteiger partial charge >= 0.3 is 0 Å². The van der Waals surface area contributed by atoms with Gasteiger partial charge < -0.3 is 4.42 Å². The molecule has 0 saturated carbocycles. The minimum atomic E-state index is 0.647. The van der Waals surface area contributed by atoms with E-state index in [9.17, 15) is 0 Å². The summed E-state index contributed by atoms with van der Waals surface area (Å²) in [4.78, 5) is 15.0. The van der Waals surface area contributed by atoms with Crippen LogP contribution in [-0.4, -0.2) is 15.0 Å². The highest BCUT2D eigenvalue weighted by atomic mass is 16.3. The Kier molecular flexibility index (Phi) is 6.52. The lowest BCUT2D eigenvalue weighted by Crippen LogP contribution is -2.00. The van der Waals surface area contributed by atoms with Gasteiger partial charge in [0.25, 0.3) is 0 Å². The highest BCUT2D eigenvalue weighted by Gasteiger charge is 2.19. The van der Waals surface area contributed by atoms with Gasteiger partial charge in [0.1, 0.15) is 11.2 Å². The van der Waals surface area contributed by atoms with Crippen LogP contribution in [0, 0.1) is 0 Å². The average Bonchev–Trinajstić information content (AvgIpc) is 3.63. The fraction of sp³-hybridized carbons (Fsp3) is 0. The van der Waals surface area contributed by atoms with Crippen LogP contribution in [0.5, 0.6) is 0 Å². The van der Waals surface area contributed by atoms with Crippen molar-refractivity contribution in [3.63, 3.8) is 0 Å². The van der Waals surface area contributed by atoms with Gasteiger partial charge in [0.2, 0.25) is 0 Å². The van der Waals surface area contributed by atoms with Gasteiger partial charge in [-0.25, -0.2) is 15.0 Å². The van der Waals surface area contributed by atoms with Gasteiger partial charge in [-0.3, -0.25) is 0 Å². The average molecular weight is 676 g/mol. The number of nitrogens with zero attached hydrogens (tertiary/aromatic N) is 3. The summed E-state index contributed by atoms with van der Waals surface area (Å²) in [5.41, 5.74) is 7.03. The second kappa shape index (κ2) is 11.7. The van der Waals surface area contributed by atoms with Crippen LogP contribution < -0.4 is 0 Å². The second-order valence-electron chi connectivity index (χ2n) is 13.5. The molecule has 0 bridgehead atoms. The van der Waals surface area contributed by atoms with Crippen LogP contribution in [-0.2, 0) is 0 Å². The maximum absolute atomic E-state index is 6.56. The molecule has 0 aliphatic heterocycles. The second-order valence-corrected chi connectivity index (χ2v) is 13.5. The van der Waals surface area contributed by atoms with Crippen LogP contribution in [0.3, 0.4) is 0 Å². The Morgan fingerprint density at radius 3 is 1.55 bits per heavy atom. The number of fused-ring (bicyclic) bond motifs is 11. The first-order chi connectivity index (χ1) is 26.3. The molecule has 11 rings (SSSR count). The van der Waals surface area contributed by atoms with Crippen molar-refractivity contribution in [3.8, 4) is 45.3 Å². The van der Waals surface area contributed by atoms with Crippen molar-refractivity contribution >= 4 is 65.0 Å². The van der Waals surface area contributed by atoms with E-state index in [-0.39, 0.29) is 0 Å². The first-order valence-corrected chi connectivity index (χ1v) is 17.9. The van der Waals surface area contributed by atoms with Crippen molar-refractivity contribution in [1.82, 2.24) is 15.0 Å². The molecular formula is C49H29N3O. The molecule has 0 saturated heterocycles. The topological polar surface area (TPSA) is 51.8 Å². The van der Waals surface area contributed by atoms with Crippen molar-refractivity contribution in [2.75, 3.05) is 0 Å². The summed E-state index contributed by atoms with van der Waals surface area (Å²) in [6, 6.07) is 61.5. The van der Waals surface area contributed by atoms with Crippen LogP contribution >= 0.6 is 0 Å². The van der Waals surface area contributed by atoms with Crippen LogP contribution in [0.1, 0.15) is 0 Å². The number of furan rings is 1. The molecular weight excluding hydrogens is 647 g/mol. The number of benzene rings is 9. The quantitative estimate of drug-likeness (QED) is 0.174. The van der Waals surface area contributed by atoms with Gasteiger partial charge in [0, 0.05) is 38.2 Å². The molecule has 2 heterocycles. The Bertz CT molecular complexity index is 3160. The molecule has 4 heteroatoms. The molecule has 9 aromatic carbocycles. The molecule has 246 valence electrons. The number of aromatic nitrogens is 3. The lowest BCUT2D eigenvalue weighted by Gasteiger charge is -2.14. The van der Waals surface area contributed by atoms with Gasteiger partial charge in [0.05, 0.1) is 0 Å². The van der Waals surface area contributed by atoms with Gasteiger partial charge in [-0.05, 0) is 67.7 Å². The summed E-state index contributed by atoms with van der Waals surface area (Å²) < 4.78 is 6.56. The molecule has 53 heavy (non-hydrogen) atoms. The zero-order chi connectivity index (χ0) is 34.9. The maximum Gasteiger partial charge on any atom is 0.164 e. The Balaban J connectivity index is 1.10. The Hall–Kier alpha value is -7.17. The van der Waals surface area contributed by atoms with Gasteiger partial charge in [-0.2, -0.15) is 0 Å². The van der Waals surface area contributed by atoms with Crippen molar-refractivity contribution < 1.29 is 4.42 Å². The van der Waals surface area contributed by atoms with E-state index in [1.165, 1.54) is 32.3 Å². The first kappa shape index (κ1) is 29.5. The fourth-order valence-electron chi connectivity index (χ4n) is 8.07. The zero-order valence-electron chi connectivity index (χ0n) is 28.5. The maximum atomic E-state index is 6.56. The van der Waals surface area contributed by atoms with Crippen LogP contribution in [0.4, 0.5) is 0 Å². The molecule has 0 radical (unpaired) electrons. The Morgan fingerprint density at radius 1 is 0.321 bits per heavy atom. The lowest BCUT2D eigenvalue weighted by molar-refractivity contribution is 0.673. The van der Waals surface area contributed by atoms with E-state index in [2.05, 4.69) is 109 Å². The third-order valence-corrected chi connectivity index (χ3v) is 10.5. The van der Waals surface area contributed by atoms with Gasteiger partial charge in [0.15, 0.2) is 17.5 Å². The highest BCUT2D eigenvalue weighted by molar-refractivity contribution is 6.34. The summed E-state index contributed by atoms with van der Waals surface area (Å²) in [5, 5.41) is 11.7. The van der Waals surface area contributed by atoms with Gasteiger partial charge in [-0.1, -0.05) is 152 Å². The predicted molar refractivity (Wildman–Crippen MR) is 219 cm³/mol. The molecule has 0 N–H and O–H groups in total. The highest BCUT2D eigenvalue weighted by Crippen LogP contribution is 2.44. The van der Waals surface area contributed by atoms with Crippen molar-refractivity contribution in [2.45, 2.75) is 0 Å². The molecule has 0 spiro atoms. The third kappa shape index (κ3) is 4.66. The van der Waals surface area contributed by atoms with E-state index >= 15 is 0 Å². The van der Waals surface area contributed by atoms with Gasteiger partial charge in [-0.15, -0.1) is 0 Å². The standard InChI is InChI=1S/C49H29N3O/c1-3-13-30(14-4-1)47-50-48(31-15-5-2-6-16-31)52-49(51-47)40-28-27-34(36-17-7-8-18-37(36)40)32-23-25-35-33(29-32)24-26-42-44(35)38-19-9-10-20-39(38)45-41-21-11-12-22-43(41)53-46(42)45/h1-29H. The smallest absolute Gasteiger partial charge is 0.164 e. The van der Waals surface area contributed by atoms with E-state index in [1.54, 1.807) is 0 Å².